The highest BCUT2D eigenvalue weighted by Gasteiger charge is 1.82. The molecule has 0 bridgehead atoms. The molecule has 0 radical (unpaired) electrons. The van der Waals surface area contributed by atoms with Crippen LogP contribution < -0.4 is 5.48 Å². The van der Waals surface area contributed by atoms with E-state index < -0.39 is 0 Å². The first-order valence-electron chi connectivity index (χ1n) is 3.13. The molecular formula is C8H11NO. The summed E-state index contributed by atoms with van der Waals surface area (Å²) in [5.74, 6) is 4.86. The fourth-order valence-electron chi connectivity index (χ4n) is 0.427. The van der Waals surface area contributed by atoms with Crippen molar-refractivity contribution in [2.45, 2.75) is 12.8 Å². The highest BCUT2D eigenvalue weighted by Crippen LogP contribution is 1.81. The molecule has 0 aromatic rings. The fraction of sp³-hybridized carbons (Fsp3) is 0.500. The van der Waals surface area contributed by atoms with Gasteiger partial charge in [0.15, 0.2) is 0 Å². The Bertz CT molecular complexity index is 122. The fourth-order valence-corrected chi connectivity index (χ4v) is 0.427. The van der Waals surface area contributed by atoms with Crippen molar-refractivity contribution < 1.29 is 4.84 Å². The van der Waals surface area contributed by atoms with E-state index in [1.165, 1.54) is 0 Å². The number of hydrogen-bond donors (Lipinski definition) is 1. The number of hydrogen-bond acceptors (Lipinski definition) is 2. The largest absolute Gasteiger partial charge is 0.289 e. The summed E-state index contributed by atoms with van der Waals surface area (Å²) in [6.07, 6.45) is 11.6. The van der Waals surface area contributed by atoms with Gasteiger partial charge in [0.05, 0.1) is 0 Å². The van der Waals surface area contributed by atoms with Gasteiger partial charge < -0.3 is 0 Å². The molecule has 0 amide bonds. The number of hydroxylamine groups is 1. The zero-order chi connectivity index (χ0) is 7.66. The molecular weight excluding hydrogens is 126 g/mol. The Morgan fingerprint density at radius 1 is 1.30 bits per heavy atom. The number of terminal acetylenes is 2. The molecule has 0 aliphatic carbocycles. The summed E-state index contributed by atoms with van der Waals surface area (Å²) in [6, 6.07) is 0. The topological polar surface area (TPSA) is 21.3 Å². The lowest BCUT2D eigenvalue weighted by Gasteiger charge is -1.99. The molecule has 0 heterocycles. The lowest BCUT2D eigenvalue weighted by atomic mass is 10.3. The van der Waals surface area contributed by atoms with E-state index in [1.54, 1.807) is 0 Å². The first kappa shape index (κ1) is 9.04. The second kappa shape index (κ2) is 8.04. The highest BCUT2D eigenvalue weighted by molar-refractivity contribution is 4.83. The van der Waals surface area contributed by atoms with Gasteiger partial charge in [-0.25, -0.2) is 5.48 Å². The van der Waals surface area contributed by atoms with Gasteiger partial charge in [-0.15, -0.1) is 18.8 Å². The Morgan fingerprint density at radius 2 is 2.10 bits per heavy atom. The van der Waals surface area contributed by atoms with Crippen LogP contribution in [0.3, 0.4) is 0 Å². The Hall–Kier alpha value is -0.960. The molecule has 0 saturated carbocycles. The van der Waals surface area contributed by atoms with Crippen LogP contribution in [0, 0.1) is 24.7 Å². The van der Waals surface area contributed by atoms with Crippen LogP contribution in [0.1, 0.15) is 12.8 Å². The first-order valence-corrected chi connectivity index (χ1v) is 3.13. The van der Waals surface area contributed by atoms with Gasteiger partial charge in [-0.1, -0.05) is 5.92 Å². The van der Waals surface area contributed by atoms with Crippen LogP contribution >= 0.6 is 0 Å². The van der Waals surface area contributed by atoms with Gasteiger partial charge in [0.2, 0.25) is 0 Å². The van der Waals surface area contributed by atoms with Gasteiger partial charge in [0, 0.05) is 13.0 Å². The summed E-state index contributed by atoms with van der Waals surface area (Å²) in [6.45, 7) is 1.06. The molecule has 0 atom stereocenters. The third-order valence-corrected chi connectivity index (χ3v) is 0.858. The molecule has 0 fully saturated rings. The van der Waals surface area contributed by atoms with Crippen molar-refractivity contribution in [1.82, 2.24) is 5.48 Å². The predicted octanol–water partition coefficient (Wildman–Crippen LogP) is 0.554. The standard InChI is InChI=1S/C8H11NO/c1-3-5-6-7-9-10-8-4-2/h1-2,9H,5-8H2. The van der Waals surface area contributed by atoms with Gasteiger partial charge in [0.1, 0.15) is 6.61 Å². The lowest BCUT2D eigenvalue weighted by Crippen LogP contribution is -2.15. The second-order valence-electron chi connectivity index (χ2n) is 1.69. The van der Waals surface area contributed by atoms with E-state index in [4.69, 9.17) is 17.7 Å². The van der Waals surface area contributed by atoms with Crippen molar-refractivity contribution in [3.05, 3.63) is 0 Å². The molecule has 0 unspecified atom stereocenters. The maximum Gasteiger partial charge on any atom is 0.128 e. The molecule has 0 aromatic heterocycles. The van der Waals surface area contributed by atoms with E-state index in [-0.39, 0.29) is 0 Å². The summed E-state index contributed by atoms with van der Waals surface area (Å²) in [5, 5.41) is 0. The van der Waals surface area contributed by atoms with Crippen molar-refractivity contribution in [2.24, 2.45) is 0 Å². The Labute approximate surface area is 61.9 Å². The van der Waals surface area contributed by atoms with E-state index in [0.717, 1.165) is 19.4 Å². The highest BCUT2D eigenvalue weighted by atomic mass is 16.6. The third-order valence-electron chi connectivity index (χ3n) is 0.858. The van der Waals surface area contributed by atoms with E-state index in [1.807, 2.05) is 0 Å². The minimum absolute atomic E-state index is 0.302. The zero-order valence-corrected chi connectivity index (χ0v) is 5.89. The second-order valence-corrected chi connectivity index (χ2v) is 1.69. The molecule has 10 heavy (non-hydrogen) atoms. The van der Waals surface area contributed by atoms with Crippen LogP contribution in [0.4, 0.5) is 0 Å². The molecule has 0 saturated heterocycles. The van der Waals surface area contributed by atoms with Crippen molar-refractivity contribution in [3.63, 3.8) is 0 Å². The summed E-state index contributed by atoms with van der Waals surface area (Å²) >= 11 is 0. The predicted molar refractivity (Wildman–Crippen MR) is 40.9 cm³/mol. The summed E-state index contributed by atoms with van der Waals surface area (Å²) in [4.78, 5) is 4.77. The van der Waals surface area contributed by atoms with E-state index >= 15 is 0 Å². The van der Waals surface area contributed by atoms with Gasteiger partial charge in [-0.05, 0) is 6.42 Å². The van der Waals surface area contributed by atoms with E-state index in [2.05, 4.69) is 17.3 Å². The minimum Gasteiger partial charge on any atom is -0.289 e. The third kappa shape index (κ3) is 7.04. The Morgan fingerprint density at radius 3 is 2.70 bits per heavy atom. The van der Waals surface area contributed by atoms with Crippen LogP contribution in [0.25, 0.3) is 0 Å². The zero-order valence-electron chi connectivity index (χ0n) is 5.89. The van der Waals surface area contributed by atoms with Gasteiger partial charge in [0.25, 0.3) is 0 Å². The number of rotatable bonds is 5. The molecule has 0 aromatic carbocycles. The SMILES string of the molecule is C#CCCCNOCC#C. The van der Waals surface area contributed by atoms with Crippen LogP contribution in [0.2, 0.25) is 0 Å². The smallest absolute Gasteiger partial charge is 0.128 e. The number of unbranched alkanes of at least 4 members (excludes halogenated alkanes) is 1. The summed E-state index contributed by atoms with van der Waals surface area (Å²) < 4.78 is 0. The quantitative estimate of drug-likeness (QED) is 0.339. The van der Waals surface area contributed by atoms with Gasteiger partial charge >= 0.3 is 0 Å². The molecule has 0 spiro atoms. The maximum absolute atomic E-state index is 5.02. The first-order chi connectivity index (χ1) is 4.91. The van der Waals surface area contributed by atoms with E-state index in [0.29, 0.717) is 6.61 Å². The number of nitrogens with one attached hydrogen (secondary N) is 1. The Balaban J connectivity index is 2.80. The van der Waals surface area contributed by atoms with Crippen LogP contribution in [-0.2, 0) is 4.84 Å². The van der Waals surface area contributed by atoms with Crippen molar-refractivity contribution in [3.8, 4) is 24.7 Å². The molecule has 54 valence electrons. The van der Waals surface area contributed by atoms with Crippen molar-refractivity contribution in [2.75, 3.05) is 13.2 Å². The molecule has 0 aliphatic rings. The van der Waals surface area contributed by atoms with Crippen LogP contribution in [0.15, 0.2) is 0 Å². The van der Waals surface area contributed by atoms with Crippen molar-refractivity contribution in [1.29, 1.82) is 0 Å². The lowest BCUT2D eigenvalue weighted by molar-refractivity contribution is 0.0660. The van der Waals surface area contributed by atoms with Crippen LogP contribution in [0.5, 0.6) is 0 Å². The molecule has 2 heteroatoms. The minimum atomic E-state index is 0.302. The summed E-state index contributed by atoms with van der Waals surface area (Å²) in [5.41, 5.74) is 2.68. The average Bonchev–Trinajstić information content (AvgIpc) is 1.97. The van der Waals surface area contributed by atoms with E-state index in [9.17, 15) is 0 Å². The normalized spacial score (nSPS) is 8.20. The Kier molecular flexibility index (Phi) is 7.27. The average molecular weight is 137 g/mol. The van der Waals surface area contributed by atoms with Gasteiger partial charge in [-0.3, -0.25) is 4.84 Å². The molecule has 0 rings (SSSR count). The monoisotopic (exact) mass is 137 g/mol. The molecule has 2 nitrogen and oxygen atoms in total. The maximum atomic E-state index is 5.02. The summed E-state index contributed by atoms with van der Waals surface area (Å²) in [7, 11) is 0. The van der Waals surface area contributed by atoms with Crippen LogP contribution in [-0.4, -0.2) is 13.2 Å². The van der Waals surface area contributed by atoms with Gasteiger partial charge in [-0.2, -0.15) is 0 Å². The molecule has 0 aliphatic heterocycles. The van der Waals surface area contributed by atoms with Crippen molar-refractivity contribution >= 4 is 0 Å². The molecule has 1 N–H and O–H groups in total.